The Balaban J connectivity index is 0.000000292. The van der Waals surface area contributed by atoms with Gasteiger partial charge in [-0.2, -0.15) is 0 Å². The van der Waals surface area contributed by atoms with E-state index in [1.165, 1.54) is 28.0 Å². The molecule has 0 radical (unpaired) electrons. The van der Waals surface area contributed by atoms with E-state index in [0.29, 0.717) is 0 Å². The van der Waals surface area contributed by atoms with Crippen LogP contribution in [0.2, 0.25) is 0 Å². The zero-order chi connectivity index (χ0) is 26.9. The van der Waals surface area contributed by atoms with Crippen molar-refractivity contribution in [2.45, 2.75) is 0 Å². The molecule has 0 aliphatic heterocycles. The average Bonchev–Trinajstić information content (AvgIpc) is 3.51. The molecular weight excluding hydrogens is 499 g/mol. The van der Waals surface area contributed by atoms with Crippen molar-refractivity contribution in [2.75, 3.05) is 0 Å². The number of H-pyrrole nitrogens is 1. The standard InChI is InChI=1S/C27H22N2P.C7H6O2/c1-5-13-22(14-6-1)27-28-21-26(29-27)30(23-15-7-2-8-16-23,24-17-9-3-10-18-24)25-19-11-4-12-20-25;8-7(9)6-4-2-1-3-5-6/h1-21H,(H,28,29);1-5H,(H,8,9)/q+1;/p-1. The predicted octanol–water partition coefficient (Wildman–Crippen LogP) is 4.75. The molecule has 1 N–H and O–H groups in total. The lowest BCUT2D eigenvalue weighted by molar-refractivity contribution is -0.255. The van der Waals surface area contributed by atoms with Crippen LogP contribution >= 0.6 is 7.26 Å². The molecule has 39 heavy (non-hydrogen) atoms. The van der Waals surface area contributed by atoms with Crippen LogP contribution in [0.15, 0.2) is 158 Å². The van der Waals surface area contributed by atoms with E-state index in [4.69, 9.17) is 4.98 Å². The number of carboxylic acid groups (broad SMARTS) is 1. The number of aromatic amines is 1. The van der Waals surface area contributed by atoms with Gasteiger partial charge >= 0.3 is 0 Å². The summed E-state index contributed by atoms with van der Waals surface area (Å²) < 4.78 is 0. The van der Waals surface area contributed by atoms with Crippen molar-refractivity contribution in [3.8, 4) is 11.4 Å². The Kier molecular flexibility index (Phi) is 8.06. The summed E-state index contributed by atoms with van der Waals surface area (Å²) in [6, 6.07) is 50.9. The quantitative estimate of drug-likeness (QED) is 0.319. The number of aromatic carboxylic acids is 1. The number of benzene rings is 5. The molecule has 0 bridgehead atoms. The van der Waals surface area contributed by atoms with Crippen molar-refractivity contribution in [1.29, 1.82) is 0 Å². The third-order valence-electron chi connectivity index (χ3n) is 6.41. The summed E-state index contributed by atoms with van der Waals surface area (Å²) in [4.78, 5) is 18.6. The van der Waals surface area contributed by atoms with Gasteiger partial charge in [-0.3, -0.25) is 0 Å². The second-order valence-electron chi connectivity index (χ2n) is 8.81. The summed E-state index contributed by atoms with van der Waals surface area (Å²) in [7, 11) is -2.12. The summed E-state index contributed by atoms with van der Waals surface area (Å²) in [6.45, 7) is 0. The highest BCUT2D eigenvalue weighted by Gasteiger charge is 2.49. The molecule has 0 amide bonds. The third-order valence-corrected chi connectivity index (χ3v) is 10.6. The van der Waals surface area contributed by atoms with Crippen LogP contribution in [0.5, 0.6) is 0 Å². The first-order valence-electron chi connectivity index (χ1n) is 12.6. The van der Waals surface area contributed by atoms with Gasteiger partial charge in [0.05, 0.1) is 12.2 Å². The summed E-state index contributed by atoms with van der Waals surface area (Å²) >= 11 is 0. The first-order valence-corrected chi connectivity index (χ1v) is 14.4. The van der Waals surface area contributed by atoms with Gasteiger partial charge in [-0.25, -0.2) is 4.98 Å². The summed E-state index contributed by atoms with van der Waals surface area (Å²) in [6.07, 6.45) is 2.03. The van der Waals surface area contributed by atoms with Crippen molar-refractivity contribution in [1.82, 2.24) is 9.97 Å². The number of carbonyl (C=O) groups excluding carboxylic acids is 1. The van der Waals surface area contributed by atoms with Crippen molar-refractivity contribution >= 4 is 34.6 Å². The maximum Gasteiger partial charge on any atom is 0.196 e. The van der Waals surface area contributed by atoms with Crippen LogP contribution in [-0.2, 0) is 0 Å². The highest BCUT2D eigenvalue weighted by atomic mass is 31.2. The minimum atomic E-state index is -2.12. The number of nitrogens with zero attached hydrogens (tertiary/aromatic N) is 1. The van der Waals surface area contributed by atoms with Crippen LogP contribution in [0, 0.1) is 0 Å². The molecule has 6 aromatic rings. The van der Waals surface area contributed by atoms with Gasteiger partial charge in [0, 0.05) is 5.56 Å². The molecule has 0 unspecified atom stereocenters. The number of rotatable bonds is 6. The highest BCUT2D eigenvalue weighted by molar-refractivity contribution is 8.01. The lowest BCUT2D eigenvalue weighted by atomic mass is 10.2. The summed E-state index contributed by atoms with van der Waals surface area (Å²) in [5.74, 6) is -0.228. The minimum Gasteiger partial charge on any atom is -0.545 e. The monoisotopic (exact) mass is 526 g/mol. The number of carboxylic acids is 1. The van der Waals surface area contributed by atoms with Gasteiger partial charge in [-0.15, -0.1) is 0 Å². The molecule has 0 aliphatic carbocycles. The Labute approximate surface area is 229 Å². The predicted molar refractivity (Wildman–Crippen MR) is 160 cm³/mol. The molecule has 190 valence electrons. The number of carbonyl (C=O) groups is 1. The topological polar surface area (TPSA) is 68.8 Å². The van der Waals surface area contributed by atoms with Crippen molar-refractivity contribution < 1.29 is 9.90 Å². The molecule has 0 aliphatic rings. The maximum atomic E-state index is 10.1. The normalized spacial score (nSPS) is 10.8. The highest BCUT2D eigenvalue weighted by Crippen LogP contribution is 2.53. The van der Waals surface area contributed by atoms with E-state index in [1.807, 2.05) is 24.4 Å². The van der Waals surface area contributed by atoms with Gasteiger partial charge in [-0.05, 0) is 42.0 Å². The van der Waals surface area contributed by atoms with Gasteiger partial charge in [-0.1, -0.05) is 115 Å². The van der Waals surface area contributed by atoms with Gasteiger partial charge in [0.15, 0.2) is 12.7 Å². The lowest BCUT2D eigenvalue weighted by Gasteiger charge is -2.25. The lowest BCUT2D eigenvalue weighted by Crippen LogP contribution is -2.39. The first kappa shape index (κ1) is 25.8. The average molecular weight is 527 g/mol. The molecule has 0 saturated carbocycles. The maximum absolute atomic E-state index is 10.1. The van der Waals surface area contributed by atoms with Crippen LogP contribution < -0.4 is 26.5 Å². The molecular formula is C34H27N2O2P. The van der Waals surface area contributed by atoms with E-state index in [1.54, 1.807) is 18.2 Å². The van der Waals surface area contributed by atoms with Crippen molar-refractivity contribution in [2.24, 2.45) is 0 Å². The molecule has 0 atom stereocenters. The van der Waals surface area contributed by atoms with Gasteiger partial charge < -0.3 is 14.9 Å². The second-order valence-corrected chi connectivity index (χ2v) is 12.2. The number of hydrogen-bond acceptors (Lipinski definition) is 3. The van der Waals surface area contributed by atoms with E-state index in [0.717, 1.165) is 16.8 Å². The molecule has 0 saturated heterocycles. The van der Waals surface area contributed by atoms with E-state index in [2.05, 4.69) is 108 Å². The number of imidazole rings is 1. The van der Waals surface area contributed by atoms with Crippen LogP contribution in [-0.4, -0.2) is 15.9 Å². The smallest absolute Gasteiger partial charge is 0.196 e. The number of aromatic nitrogens is 2. The zero-order valence-electron chi connectivity index (χ0n) is 21.2. The fourth-order valence-corrected chi connectivity index (χ4v) is 8.71. The number of nitrogens with one attached hydrogen (secondary N) is 1. The Hall–Kier alpha value is -4.79. The van der Waals surface area contributed by atoms with Crippen molar-refractivity contribution in [3.05, 3.63) is 163 Å². The fourth-order valence-electron chi connectivity index (χ4n) is 4.62. The SMILES string of the molecule is O=C([O-])c1ccccc1.c1ccc(-c2ncc([P+](c3ccccc3)(c3ccccc3)c3ccccc3)[nH]2)cc1. The Bertz CT molecular complexity index is 1510. The van der Waals surface area contributed by atoms with E-state index >= 15 is 0 Å². The third kappa shape index (κ3) is 5.57. The van der Waals surface area contributed by atoms with Gasteiger partial charge in [0.2, 0.25) is 0 Å². The second kappa shape index (κ2) is 12.2. The van der Waals surface area contributed by atoms with E-state index in [-0.39, 0.29) is 5.56 Å². The Morgan fingerprint density at radius 2 is 0.949 bits per heavy atom. The molecule has 4 nitrogen and oxygen atoms in total. The van der Waals surface area contributed by atoms with Gasteiger partial charge in [0.1, 0.15) is 21.7 Å². The van der Waals surface area contributed by atoms with Crippen LogP contribution in [0.1, 0.15) is 10.4 Å². The Morgan fingerprint density at radius 1 is 0.564 bits per heavy atom. The molecule has 5 heteroatoms. The summed E-state index contributed by atoms with van der Waals surface area (Å²) in [5, 5.41) is 14.0. The van der Waals surface area contributed by atoms with Crippen LogP contribution in [0.25, 0.3) is 11.4 Å². The molecule has 0 fully saturated rings. The fraction of sp³-hybridized carbons (Fsp3) is 0. The number of hydrogen-bond donors (Lipinski definition) is 1. The van der Waals surface area contributed by atoms with Crippen LogP contribution in [0.3, 0.4) is 0 Å². The minimum absolute atomic E-state index is 0.220. The van der Waals surface area contributed by atoms with Crippen LogP contribution in [0.4, 0.5) is 0 Å². The van der Waals surface area contributed by atoms with Gasteiger partial charge in [0.25, 0.3) is 0 Å². The molecule has 6 rings (SSSR count). The summed E-state index contributed by atoms with van der Waals surface area (Å²) in [5.41, 5.74) is 2.47. The van der Waals surface area contributed by atoms with E-state index < -0.39 is 13.2 Å². The zero-order valence-corrected chi connectivity index (χ0v) is 22.1. The first-order chi connectivity index (χ1) is 19.2. The largest absolute Gasteiger partial charge is 0.545 e. The molecule has 0 spiro atoms. The molecule has 5 aromatic carbocycles. The Morgan fingerprint density at radius 3 is 1.33 bits per heavy atom. The molecule has 1 heterocycles. The molecule has 1 aromatic heterocycles. The van der Waals surface area contributed by atoms with E-state index in [9.17, 15) is 9.90 Å². The van der Waals surface area contributed by atoms with Crippen molar-refractivity contribution in [3.63, 3.8) is 0 Å².